The normalized spacial score (nSPS) is 13.2. The minimum Gasteiger partial charge on any atom is -0.412 e. The van der Waals surface area contributed by atoms with Crippen molar-refractivity contribution in [2.75, 3.05) is 0 Å². The highest BCUT2D eigenvalue weighted by molar-refractivity contribution is 8.76. The molecule has 1 radical (unpaired) electrons. The topological polar surface area (TPSA) is 45.6 Å². The van der Waals surface area contributed by atoms with Crippen LogP contribution in [0.5, 0.6) is 0 Å². The summed E-state index contributed by atoms with van der Waals surface area (Å²) in [7, 11) is 3.17. The summed E-state index contributed by atoms with van der Waals surface area (Å²) in [6.45, 7) is 2.03. The molecule has 0 spiro atoms. The van der Waals surface area contributed by atoms with Gasteiger partial charge in [0.2, 0.25) is 0 Å². The summed E-state index contributed by atoms with van der Waals surface area (Å²) < 4.78 is 4.26. The van der Waals surface area contributed by atoms with Crippen LogP contribution in [-0.4, -0.2) is 5.48 Å². The number of hydrogen-bond acceptors (Lipinski definition) is 2. The Bertz CT molecular complexity index is 306. The number of rotatable bonds is 0. The second-order valence-corrected chi connectivity index (χ2v) is 4.64. The Morgan fingerprint density at radius 1 is 1.42 bits per heavy atom. The van der Waals surface area contributed by atoms with Crippen LogP contribution in [-0.2, 0) is 0 Å². The fourth-order valence-corrected chi connectivity index (χ4v) is 3.23. The third-order valence-corrected chi connectivity index (χ3v) is 3.51. The van der Waals surface area contributed by atoms with E-state index in [4.69, 9.17) is 11.6 Å². The van der Waals surface area contributed by atoms with Crippen LogP contribution < -0.4 is 4.72 Å². The summed E-state index contributed by atoms with van der Waals surface area (Å²) in [5.41, 5.74) is 2.24. The Morgan fingerprint density at radius 3 is 2.92 bits per heavy atom. The van der Waals surface area contributed by atoms with Crippen molar-refractivity contribution in [3.8, 4) is 0 Å². The summed E-state index contributed by atoms with van der Waals surface area (Å²) >= 11 is 5.86. The molecule has 0 saturated carbocycles. The van der Waals surface area contributed by atoms with E-state index < -0.39 is 0 Å². The highest BCUT2D eigenvalue weighted by Crippen LogP contribution is 2.47. The van der Waals surface area contributed by atoms with E-state index in [2.05, 4.69) is 4.72 Å². The Balaban J connectivity index is 0.000000720. The molecular formula is C7H7ClNOS2. The largest absolute Gasteiger partial charge is 0.412 e. The van der Waals surface area contributed by atoms with Gasteiger partial charge in [-0.05, 0) is 35.4 Å². The summed E-state index contributed by atoms with van der Waals surface area (Å²) in [6, 6.07) is 3.90. The summed E-state index contributed by atoms with van der Waals surface area (Å²) in [6.07, 6.45) is 0. The molecule has 0 amide bonds. The van der Waals surface area contributed by atoms with Crippen molar-refractivity contribution in [3.63, 3.8) is 0 Å². The predicted molar refractivity (Wildman–Crippen MR) is 55.0 cm³/mol. The maximum absolute atomic E-state index is 5.86. The molecule has 1 aliphatic rings. The predicted octanol–water partition coefficient (Wildman–Crippen LogP) is 2.73. The third-order valence-electron chi connectivity index (χ3n) is 1.49. The minimum atomic E-state index is 0. The van der Waals surface area contributed by atoms with Crippen LogP contribution in [0, 0.1) is 6.92 Å². The van der Waals surface area contributed by atoms with E-state index >= 15 is 0 Å². The lowest BCUT2D eigenvalue weighted by atomic mass is 10.2. The highest BCUT2D eigenvalue weighted by atomic mass is 35.5. The molecular weight excluding hydrogens is 214 g/mol. The lowest BCUT2D eigenvalue weighted by Crippen LogP contribution is -1.82. The molecule has 0 aromatic heterocycles. The molecule has 0 bridgehead atoms. The summed E-state index contributed by atoms with van der Waals surface area (Å²) in [4.78, 5) is 1.18. The van der Waals surface area contributed by atoms with Gasteiger partial charge in [0.1, 0.15) is 0 Å². The van der Waals surface area contributed by atoms with E-state index in [1.54, 1.807) is 10.8 Å². The van der Waals surface area contributed by atoms with Gasteiger partial charge in [-0.2, -0.15) is 0 Å². The van der Waals surface area contributed by atoms with Crippen molar-refractivity contribution in [1.29, 1.82) is 0 Å². The van der Waals surface area contributed by atoms with Crippen molar-refractivity contribution in [3.05, 3.63) is 22.7 Å². The Hall–Kier alpha value is -0.0300. The Labute approximate surface area is 83.9 Å². The number of nitrogens with zero attached hydrogens (tertiary/aromatic N) is 1. The van der Waals surface area contributed by atoms with Crippen molar-refractivity contribution in [1.82, 2.24) is 4.72 Å². The van der Waals surface area contributed by atoms with Gasteiger partial charge in [0.15, 0.2) is 0 Å². The van der Waals surface area contributed by atoms with E-state index in [-0.39, 0.29) is 5.48 Å². The molecule has 2 N–H and O–H groups in total. The first-order valence-electron chi connectivity index (χ1n) is 3.12. The second-order valence-electron chi connectivity index (χ2n) is 2.32. The van der Waals surface area contributed by atoms with E-state index in [0.29, 0.717) is 0 Å². The van der Waals surface area contributed by atoms with Crippen molar-refractivity contribution in [2.45, 2.75) is 11.8 Å². The van der Waals surface area contributed by atoms with Gasteiger partial charge in [-0.3, -0.25) is 0 Å². The van der Waals surface area contributed by atoms with Crippen LogP contribution in [0.15, 0.2) is 17.0 Å². The first-order valence-corrected chi connectivity index (χ1v) is 5.61. The van der Waals surface area contributed by atoms with Crippen LogP contribution in [0.1, 0.15) is 5.56 Å². The van der Waals surface area contributed by atoms with Gasteiger partial charge in [-0.1, -0.05) is 11.6 Å². The van der Waals surface area contributed by atoms with E-state index in [1.807, 2.05) is 19.1 Å². The SMILES string of the molecule is Cc1cc(Cl)cc2c1[N]SS2.O. The average Bonchev–Trinajstić information content (AvgIpc) is 2.34. The summed E-state index contributed by atoms with van der Waals surface area (Å²) in [5, 5.41) is 0.798. The zero-order valence-electron chi connectivity index (χ0n) is 6.30. The minimum absolute atomic E-state index is 0. The fraction of sp³-hybridized carbons (Fsp3) is 0.143. The Kier molecular flexibility index (Phi) is 3.17. The standard InChI is InChI=1S/C7H5ClNS2.H2O/c1-4-2-5(8)3-6-7(4)9-11-10-6;/h2-3H,1H3;1H2. The summed E-state index contributed by atoms with van der Waals surface area (Å²) in [5.74, 6) is 0. The lowest BCUT2D eigenvalue weighted by molar-refractivity contribution is 0.824. The van der Waals surface area contributed by atoms with E-state index in [1.165, 1.54) is 15.9 Å². The van der Waals surface area contributed by atoms with Gasteiger partial charge in [0, 0.05) is 20.9 Å². The lowest BCUT2D eigenvalue weighted by Gasteiger charge is -1.99. The number of hydrogen-bond donors (Lipinski definition) is 0. The molecule has 1 aliphatic heterocycles. The van der Waals surface area contributed by atoms with Crippen molar-refractivity contribution in [2.24, 2.45) is 0 Å². The zero-order chi connectivity index (χ0) is 7.84. The highest BCUT2D eigenvalue weighted by Gasteiger charge is 2.16. The average molecular weight is 221 g/mol. The zero-order valence-corrected chi connectivity index (χ0v) is 8.69. The molecule has 0 unspecified atom stereocenters. The Morgan fingerprint density at radius 2 is 2.17 bits per heavy atom. The molecule has 0 saturated heterocycles. The quantitative estimate of drug-likeness (QED) is 0.499. The number of benzene rings is 1. The molecule has 12 heavy (non-hydrogen) atoms. The third kappa shape index (κ3) is 1.66. The van der Waals surface area contributed by atoms with E-state index in [9.17, 15) is 0 Å². The van der Waals surface area contributed by atoms with Crippen molar-refractivity contribution < 1.29 is 5.48 Å². The van der Waals surface area contributed by atoms with Gasteiger partial charge in [-0.15, -0.1) is 0 Å². The molecule has 65 valence electrons. The number of halogens is 1. The molecule has 1 heterocycles. The van der Waals surface area contributed by atoms with Gasteiger partial charge in [0.25, 0.3) is 0 Å². The van der Waals surface area contributed by atoms with Gasteiger partial charge < -0.3 is 5.48 Å². The van der Waals surface area contributed by atoms with Gasteiger partial charge >= 0.3 is 0 Å². The molecule has 0 aliphatic carbocycles. The van der Waals surface area contributed by atoms with Crippen LogP contribution >= 0.6 is 33.4 Å². The smallest absolute Gasteiger partial charge is 0.0898 e. The molecule has 1 aromatic rings. The maximum atomic E-state index is 5.86. The molecule has 0 atom stereocenters. The molecule has 5 heteroatoms. The van der Waals surface area contributed by atoms with Crippen LogP contribution in [0.2, 0.25) is 5.02 Å². The monoisotopic (exact) mass is 220 g/mol. The maximum Gasteiger partial charge on any atom is 0.0898 e. The second kappa shape index (κ2) is 3.79. The van der Waals surface area contributed by atoms with Gasteiger partial charge in [-0.25, -0.2) is 4.72 Å². The van der Waals surface area contributed by atoms with Crippen LogP contribution in [0.4, 0.5) is 5.69 Å². The number of fused-ring (bicyclic) bond motifs is 1. The van der Waals surface area contributed by atoms with Crippen molar-refractivity contribution >= 4 is 39.1 Å². The molecule has 0 fully saturated rings. The van der Waals surface area contributed by atoms with Gasteiger partial charge in [0.05, 0.1) is 5.69 Å². The molecule has 2 nitrogen and oxygen atoms in total. The molecule has 2 rings (SSSR count). The first kappa shape index (κ1) is 10.1. The van der Waals surface area contributed by atoms with E-state index in [0.717, 1.165) is 16.3 Å². The van der Waals surface area contributed by atoms with Crippen LogP contribution in [0.25, 0.3) is 0 Å². The molecule has 1 aromatic carbocycles. The van der Waals surface area contributed by atoms with Crippen LogP contribution in [0.3, 0.4) is 0 Å². The first-order chi connectivity index (χ1) is 5.27. The fourth-order valence-electron chi connectivity index (χ4n) is 0.981. The number of aryl methyl sites for hydroxylation is 1.